The summed E-state index contributed by atoms with van der Waals surface area (Å²) >= 11 is 0. The molecule has 0 aromatic heterocycles. The Balaban J connectivity index is 2.40. The van der Waals surface area contributed by atoms with Gasteiger partial charge in [0.15, 0.2) is 0 Å². The van der Waals surface area contributed by atoms with Crippen LogP contribution >= 0.6 is 0 Å². The van der Waals surface area contributed by atoms with Crippen LogP contribution in [-0.4, -0.2) is 23.6 Å². The number of hydrogen-bond acceptors (Lipinski definition) is 4. The molecule has 1 heterocycles. The minimum Gasteiger partial charge on any atom is -0.508 e. The summed E-state index contributed by atoms with van der Waals surface area (Å²) in [5.41, 5.74) is 1.28. The molecule has 0 atom stereocenters. The van der Waals surface area contributed by atoms with Gasteiger partial charge < -0.3 is 15.2 Å². The molecule has 1 amide bonds. The van der Waals surface area contributed by atoms with Crippen LogP contribution in [-0.2, 0) is 14.3 Å². The number of esters is 1. The van der Waals surface area contributed by atoms with Crippen molar-refractivity contribution in [3.8, 4) is 5.75 Å². The maximum absolute atomic E-state index is 11.6. The van der Waals surface area contributed by atoms with Crippen molar-refractivity contribution in [3.63, 3.8) is 0 Å². The summed E-state index contributed by atoms with van der Waals surface area (Å²) in [6.45, 7) is 1.93. The number of phenolic OH excluding ortho intramolecular Hbond substituents is 1. The number of anilines is 1. The Morgan fingerprint density at radius 2 is 2.29 bits per heavy atom. The van der Waals surface area contributed by atoms with Gasteiger partial charge in [0.1, 0.15) is 5.75 Å². The lowest BCUT2D eigenvalue weighted by Gasteiger charge is -1.99. The molecule has 0 bridgehead atoms. The number of benzene rings is 1. The van der Waals surface area contributed by atoms with Crippen molar-refractivity contribution >= 4 is 23.1 Å². The summed E-state index contributed by atoms with van der Waals surface area (Å²) in [7, 11) is 0. The van der Waals surface area contributed by atoms with E-state index in [1.54, 1.807) is 13.0 Å². The molecule has 0 unspecified atom stereocenters. The number of ether oxygens (including phenoxy) is 1. The number of phenols is 1. The highest BCUT2D eigenvalue weighted by molar-refractivity contribution is 6.33. The van der Waals surface area contributed by atoms with Crippen LogP contribution < -0.4 is 5.32 Å². The lowest BCUT2D eigenvalue weighted by molar-refractivity contribution is -0.137. The summed E-state index contributed by atoms with van der Waals surface area (Å²) < 4.78 is 4.74. The zero-order chi connectivity index (χ0) is 12.4. The molecule has 5 heteroatoms. The zero-order valence-corrected chi connectivity index (χ0v) is 9.19. The lowest BCUT2D eigenvalue weighted by atomic mass is 10.1. The molecule has 1 aromatic rings. The summed E-state index contributed by atoms with van der Waals surface area (Å²) in [5.74, 6) is -0.914. The highest BCUT2D eigenvalue weighted by Crippen LogP contribution is 2.34. The van der Waals surface area contributed by atoms with E-state index in [1.165, 1.54) is 12.1 Å². The Morgan fingerprint density at radius 3 is 3.00 bits per heavy atom. The molecule has 0 radical (unpaired) electrons. The molecule has 2 N–H and O–H groups in total. The van der Waals surface area contributed by atoms with Crippen LogP contribution in [0.5, 0.6) is 5.75 Å². The molecule has 0 aliphatic carbocycles. The number of fused-ring (bicyclic) bond motifs is 1. The maximum Gasteiger partial charge on any atom is 0.331 e. The molecular formula is C12H11NO4. The van der Waals surface area contributed by atoms with Crippen molar-refractivity contribution in [3.05, 3.63) is 29.8 Å². The van der Waals surface area contributed by atoms with E-state index in [1.807, 2.05) is 0 Å². The molecule has 88 valence electrons. The molecule has 1 aliphatic heterocycles. The molecule has 0 saturated carbocycles. The predicted octanol–water partition coefficient (Wildman–Crippen LogP) is 1.29. The van der Waals surface area contributed by atoms with Gasteiger partial charge in [-0.3, -0.25) is 4.79 Å². The summed E-state index contributed by atoms with van der Waals surface area (Å²) in [5, 5.41) is 12.0. The first-order valence-electron chi connectivity index (χ1n) is 5.15. The number of carbonyl (C=O) groups excluding carboxylic acids is 2. The smallest absolute Gasteiger partial charge is 0.331 e. The van der Waals surface area contributed by atoms with Crippen LogP contribution in [0.25, 0.3) is 5.57 Å². The first-order valence-corrected chi connectivity index (χ1v) is 5.15. The van der Waals surface area contributed by atoms with Crippen molar-refractivity contribution in [1.29, 1.82) is 0 Å². The van der Waals surface area contributed by atoms with Gasteiger partial charge in [0, 0.05) is 17.3 Å². The predicted molar refractivity (Wildman–Crippen MR) is 61.3 cm³/mol. The van der Waals surface area contributed by atoms with E-state index in [0.29, 0.717) is 11.3 Å². The molecule has 0 spiro atoms. The summed E-state index contributed by atoms with van der Waals surface area (Å²) in [6, 6.07) is 4.47. The number of aromatic hydroxyl groups is 1. The Hall–Kier alpha value is -2.30. The summed E-state index contributed by atoms with van der Waals surface area (Å²) in [4.78, 5) is 22.9. The quantitative estimate of drug-likeness (QED) is 0.458. The van der Waals surface area contributed by atoms with E-state index in [-0.39, 0.29) is 23.8 Å². The van der Waals surface area contributed by atoms with Crippen LogP contribution in [0.4, 0.5) is 5.69 Å². The van der Waals surface area contributed by atoms with E-state index in [0.717, 1.165) is 6.08 Å². The topological polar surface area (TPSA) is 75.6 Å². The third-order valence-electron chi connectivity index (χ3n) is 2.33. The average molecular weight is 233 g/mol. The molecular weight excluding hydrogens is 222 g/mol. The van der Waals surface area contributed by atoms with Gasteiger partial charge in [0.25, 0.3) is 5.91 Å². The van der Waals surface area contributed by atoms with Gasteiger partial charge in [-0.25, -0.2) is 4.79 Å². The largest absolute Gasteiger partial charge is 0.508 e. The third-order valence-corrected chi connectivity index (χ3v) is 2.33. The Bertz CT molecular complexity index is 519. The number of carbonyl (C=O) groups is 2. The normalized spacial score (nSPS) is 15.6. The van der Waals surface area contributed by atoms with Gasteiger partial charge in [-0.05, 0) is 25.1 Å². The highest BCUT2D eigenvalue weighted by Gasteiger charge is 2.25. The fraction of sp³-hybridized carbons (Fsp3) is 0.167. The first kappa shape index (κ1) is 11.2. The Labute approximate surface area is 97.7 Å². The maximum atomic E-state index is 11.6. The van der Waals surface area contributed by atoms with Gasteiger partial charge in [-0.15, -0.1) is 0 Å². The van der Waals surface area contributed by atoms with E-state index in [4.69, 9.17) is 4.74 Å². The molecule has 0 fully saturated rings. The summed E-state index contributed by atoms with van der Waals surface area (Å²) in [6.07, 6.45) is 1.13. The van der Waals surface area contributed by atoms with Gasteiger partial charge in [0.05, 0.1) is 12.2 Å². The molecule has 1 aliphatic rings. The van der Waals surface area contributed by atoms with Crippen molar-refractivity contribution < 1.29 is 19.4 Å². The van der Waals surface area contributed by atoms with E-state index in [9.17, 15) is 14.7 Å². The van der Waals surface area contributed by atoms with Gasteiger partial charge in [0.2, 0.25) is 0 Å². The van der Waals surface area contributed by atoms with Crippen molar-refractivity contribution in [2.24, 2.45) is 0 Å². The fourth-order valence-electron chi connectivity index (χ4n) is 1.62. The second-order valence-corrected chi connectivity index (χ2v) is 3.49. The Kier molecular flexibility index (Phi) is 2.82. The van der Waals surface area contributed by atoms with E-state index < -0.39 is 5.97 Å². The third kappa shape index (κ3) is 2.13. The highest BCUT2D eigenvalue weighted by atomic mass is 16.5. The lowest BCUT2D eigenvalue weighted by Crippen LogP contribution is -2.07. The van der Waals surface area contributed by atoms with Gasteiger partial charge >= 0.3 is 5.97 Å². The van der Waals surface area contributed by atoms with Crippen LogP contribution in [0.15, 0.2) is 24.3 Å². The van der Waals surface area contributed by atoms with Crippen LogP contribution in [0, 0.1) is 0 Å². The SMILES string of the molecule is CCOC(=O)C=C1C(=O)Nc2ccc(O)cc21. The average Bonchev–Trinajstić information content (AvgIpc) is 2.56. The number of rotatable bonds is 2. The van der Waals surface area contributed by atoms with Crippen LogP contribution in [0.3, 0.4) is 0 Å². The number of amides is 1. The van der Waals surface area contributed by atoms with Crippen LogP contribution in [0.2, 0.25) is 0 Å². The molecule has 0 saturated heterocycles. The first-order chi connectivity index (χ1) is 8.11. The van der Waals surface area contributed by atoms with Crippen molar-refractivity contribution in [2.45, 2.75) is 6.92 Å². The Morgan fingerprint density at radius 1 is 1.53 bits per heavy atom. The second-order valence-electron chi connectivity index (χ2n) is 3.49. The monoisotopic (exact) mass is 233 g/mol. The van der Waals surface area contributed by atoms with Crippen molar-refractivity contribution in [2.75, 3.05) is 11.9 Å². The molecule has 5 nitrogen and oxygen atoms in total. The fourth-order valence-corrected chi connectivity index (χ4v) is 1.62. The van der Waals surface area contributed by atoms with Gasteiger partial charge in [-0.2, -0.15) is 0 Å². The minimum absolute atomic E-state index is 0.0370. The standard InChI is InChI=1S/C12H11NO4/c1-2-17-11(15)6-9-8-5-7(14)3-4-10(8)13-12(9)16/h3-6,14H,2H2,1H3,(H,13,16). The van der Waals surface area contributed by atoms with Gasteiger partial charge in [-0.1, -0.05) is 0 Å². The molecule has 2 rings (SSSR count). The number of nitrogens with one attached hydrogen (secondary N) is 1. The zero-order valence-electron chi connectivity index (χ0n) is 9.19. The van der Waals surface area contributed by atoms with E-state index in [2.05, 4.69) is 5.32 Å². The molecule has 1 aromatic carbocycles. The number of hydrogen-bond donors (Lipinski definition) is 2. The van der Waals surface area contributed by atoms with Crippen LogP contribution in [0.1, 0.15) is 12.5 Å². The second kappa shape index (κ2) is 4.29. The van der Waals surface area contributed by atoms with E-state index >= 15 is 0 Å². The van der Waals surface area contributed by atoms with Crippen molar-refractivity contribution in [1.82, 2.24) is 0 Å². The molecule has 17 heavy (non-hydrogen) atoms. The minimum atomic E-state index is -0.575.